The molecule has 2 rings (SSSR count). The lowest BCUT2D eigenvalue weighted by atomic mass is 9.98. The van der Waals surface area contributed by atoms with Crippen molar-refractivity contribution in [2.45, 2.75) is 32.7 Å². The topological polar surface area (TPSA) is 42.3 Å². The van der Waals surface area contributed by atoms with E-state index in [4.69, 9.17) is 4.74 Å². The summed E-state index contributed by atoms with van der Waals surface area (Å²) in [5.41, 5.74) is 0. The summed E-state index contributed by atoms with van der Waals surface area (Å²) in [4.78, 5) is 6.85. The third-order valence-electron chi connectivity index (χ3n) is 3.85. The van der Waals surface area contributed by atoms with Crippen LogP contribution in [0.15, 0.2) is 12.4 Å². The highest BCUT2D eigenvalue weighted by molar-refractivity contribution is 5.25. The molecule has 5 heteroatoms. The fraction of sp³-hybridized carbons (Fsp3) is 0.800. The van der Waals surface area contributed by atoms with Crippen LogP contribution in [-0.2, 0) is 11.3 Å². The number of hydrogen-bond donors (Lipinski definition) is 1. The molecule has 1 saturated heterocycles. The van der Waals surface area contributed by atoms with Gasteiger partial charge in [0.2, 0.25) is 5.95 Å². The van der Waals surface area contributed by atoms with Gasteiger partial charge in [-0.25, -0.2) is 4.98 Å². The Kier molecular flexibility index (Phi) is 6.33. The van der Waals surface area contributed by atoms with Crippen LogP contribution in [0.1, 0.15) is 26.2 Å². The van der Waals surface area contributed by atoms with Gasteiger partial charge in [0.25, 0.3) is 0 Å². The second-order valence-corrected chi connectivity index (χ2v) is 5.65. The third-order valence-corrected chi connectivity index (χ3v) is 3.85. The van der Waals surface area contributed by atoms with E-state index in [1.165, 1.54) is 25.9 Å². The Morgan fingerprint density at radius 1 is 1.50 bits per heavy atom. The second-order valence-electron chi connectivity index (χ2n) is 5.65. The number of hydrogen-bond acceptors (Lipinski definition) is 4. The number of aromatic nitrogens is 2. The number of ether oxygens (including phenoxy) is 1. The van der Waals surface area contributed by atoms with Crippen LogP contribution in [0.4, 0.5) is 5.95 Å². The Balaban J connectivity index is 1.76. The van der Waals surface area contributed by atoms with Crippen molar-refractivity contribution in [2.75, 3.05) is 45.2 Å². The summed E-state index contributed by atoms with van der Waals surface area (Å²) < 4.78 is 7.60. The quantitative estimate of drug-likeness (QED) is 0.740. The van der Waals surface area contributed by atoms with Crippen LogP contribution in [0.3, 0.4) is 0 Å². The second kappa shape index (κ2) is 8.27. The van der Waals surface area contributed by atoms with Crippen molar-refractivity contribution < 1.29 is 4.74 Å². The van der Waals surface area contributed by atoms with Gasteiger partial charge in [-0.1, -0.05) is 0 Å². The number of imidazole rings is 1. The largest absolute Gasteiger partial charge is 0.382 e. The Morgan fingerprint density at radius 2 is 2.40 bits per heavy atom. The average Bonchev–Trinajstić information content (AvgIpc) is 2.86. The molecule has 1 aliphatic heterocycles. The van der Waals surface area contributed by atoms with Crippen LogP contribution in [0.2, 0.25) is 0 Å². The number of piperidine rings is 1. The minimum atomic E-state index is 0.743. The fourth-order valence-electron chi connectivity index (χ4n) is 2.84. The maximum absolute atomic E-state index is 5.34. The maximum atomic E-state index is 5.34. The van der Waals surface area contributed by atoms with Gasteiger partial charge in [0, 0.05) is 45.2 Å². The fourth-order valence-corrected chi connectivity index (χ4v) is 2.84. The van der Waals surface area contributed by atoms with Crippen molar-refractivity contribution >= 4 is 5.95 Å². The van der Waals surface area contributed by atoms with Gasteiger partial charge in [0.15, 0.2) is 0 Å². The molecule has 0 spiro atoms. The molecule has 1 atom stereocenters. The molecule has 1 N–H and O–H groups in total. The molecular weight excluding hydrogens is 252 g/mol. The summed E-state index contributed by atoms with van der Waals surface area (Å²) in [7, 11) is 2.22. The predicted molar refractivity (Wildman–Crippen MR) is 82.0 cm³/mol. The molecule has 0 saturated carbocycles. The van der Waals surface area contributed by atoms with Gasteiger partial charge < -0.3 is 19.5 Å². The number of nitrogens with one attached hydrogen (secondary N) is 1. The SMILES string of the molecule is CCOCCCNc1nccn1CC1CCCN(C)C1. The summed E-state index contributed by atoms with van der Waals surface area (Å²) in [6.07, 6.45) is 7.63. The van der Waals surface area contributed by atoms with Gasteiger partial charge in [-0.2, -0.15) is 0 Å². The Hall–Kier alpha value is -1.07. The molecule has 1 aromatic heterocycles. The van der Waals surface area contributed by atoms with Crippen molar-refractivity contribution in [2.24, 2.45) is 5.92 Å². The molecule has 0 aliphatic carbocycles. The molecule has 1 aliphatic rings. The molecule has 1 aromatic rings. The van der Waals surface area contributed by atoms with Crippen molar-refractivity contribution in [3.05, 3.63) is 12.4 Å². The third kappa shape index (κ3) is 4.80. The first-order valence-corrected chi connectivity index (χ1v) is 7.81. The van der Waals surface area contributed by atoms with Crippen LogP contribution in [0, 0.1) is 5.92 Å². The average molecular weight is 280 g/mol. The van der Waals surface area contributed by atoms with Crippen molar-refractivity contribution in [1.29, 1.82) is 0 Å². The minimum Gasteiger partial charge on any atom is -0.382 e. The van der Waals surface area contributed by atoms with Crippen molar-refractivity contribution in [3.63, 3.8) is 0 Å². The maximum Gasteiger partial charge on any atom is 0.202 e. The minimum absolute atomic E-state index is 0.743. The first-order valence-electron chi connectivity index (χ1n) is 7.81. The normalized spacial score (nSPS) is 20.2. The van der Waals surface area contributed by atoms with Crippen LogP contribution in [0.5, 0.6) is 0 Å². The molecule has 20 heavy (non-hydrogen) atoms. The van der Waals surface area contributed by atoms with E-state index in [2.05, 4.69) is 33.0 Å². The Labute approximate surface area is 122 Å². The molecule has 0 bridgehead atoms. The molecule has 2 heterocycles. The summed E-state index contributed by atoms with van der Waals surface area (Å²) in [6.45, 7) is 8.06. The van der Waals surface area contributed by atoms with E-state index in [9.17, 15) is 0 Å². The molecule has 0 amide bonds. The lowest BCUT2D eigenvalue weighted by Crippen LogP contribution is -2.34. The molecular formula is C15H28N4O. The molecule has 5 nitrogen and oxygen atoms in total. The van der Waals surface area contributed by atoms with Gasteiger partial charge >= 0.3 is 0 Å². The highest BCUT2D eigenvalue weighted by atomic mass is 16.5. The van der Waals surface area contributed by atoms with Crippen LogP contribution in [0.25, 0.3) is 0 Å². The van der Waals surface area contributed by atoms with E-state index in [0.29, 0.717) is 0 Å². The van der Waals surface area contributed by atoms with Gasteiger partial charge in [0.05, 0.1) is 0 Å². The van der Waals surface area contributed by atoms with Crippen LogP contribution in [-0.4, -0.2) is 54.3 Å². The van der Waals surface area contributed by atoms with E-state index in [-0.39, 0.29) is 0 Å². The van der Waals surface area contributed by atoms with Gasteiger partial charge in [0.1, 0.15) is 0 Å². The zero-order valence-corrected chi connectivity index (χ0v) is 12.8. The smallest absolute Gasteiger partial charge is 0.202 e. The van der Waals surface area contributed by atoms with E-state index >= 15 is 0 Å². The molecule has 1 unspecified atom stereocenters. The number of likely N-dealkylation sites (tertiary alicyclic amines) is 1. The first-order chi connectivity index (χ1) is 9.79. The molecule has 1 fully saturated rings. The highest BCUT2D eigenvalue weighted by Crippen LogP contribution is 2.18. The Bertz CT molecular complexity index is 380. The van der Waals surface area contributed by atoms with Gasteiger partial charge in [-0.15, -0.1) is 0 Å². The number of anilines is 1. The van der Waals surface area contributed by atoms with E-state index < -0.39 is 0 Å². The lowest BCUT2D eigenvalue weighted by molar-refractivity contribution is 0.147. The lowest BCUT2D eigenvalue weighted by Gasteiger charge is -2.30. The van der Waals surface area contributed by atoms with Crippen LogP contribution >= 0.6 is 0 Å². The van der Waals surface area contributed by atoms with Crippen molar-refractivity contribution in [1.82, 2.24) is 14.5 Å². The van der Waals surface area contributed by atoms with E-state index in [1.807, 2.05) is 13.1 Å². The zero-order chi connectivity index (χ0) is 14.2. The summed E-state index contributed by atoms with van der Waals surface area (Å²) in [5.74, 6) is 1.74. The molecule has 0 aromatic carbocycles. The van der Waals surface area contributed by atoms with E-state index in [1.54, 1.807) is 0 Å². The Morgan fingerprint density at radius 3 is 3.20 bits per heavy atom. The van der Waals surface area contributed by atoms with E-state index in [0.717, 1.165) is 44.6 Å². The van der Waals surface area contributed by atoms with Crippen LogP contribution < -0.4 is 5.32 Å². The first kappa shape index (κ1) is 15.3. The van der Waals surface area contributed by atoms with Gasteiger partial charge in [-0.3, -0.25) is 0 Å². The number of nitrogens with zero attached hydrogens (tertiary/aromatic N) is 3. The standard InChI is InChI=1S/C15H28N4O/c1-3-20-11-5-7-16-15-17-8-10-19(15)13-14-6-4-9-18(2)12-14/h8,10,14H,3-7,9,11-13H2,1-2H3,(H,16,17). The summed E-state index contributed by atoms with van der Waals surface area (Å²) in [6, 6.07) is 0. The monoisotopic (exact) mass is 280 g/mol. The predicted octanol–water partition coefficient (Wildman–Crippen LogP) is 2.06. The molecule has 114 valence electrons. The van der Waals surface area contributed by atoms with Crippen molar-refractivity contribution in [3.8, 4) is 0 Å². The molecule has 0 radical (unpaired) electrons. The number of rotatable bonds is 8. The van der Waals surface area contributed by atoms with Gasteiger partial charge in [-0.05, 0) is 45.7 Å². The highest BCUT2D eigenvalue weighted by Gasteiger charge is 2.18. The summed E-state index contributed by atoms with van der Waals surface area (Å²) in [5, 5.41) is 3.41. The summed E-state index contributed by atoms with van der Waals surface area (Å²) >= 11 is 0. The zero-order valence-electron chi connectivity index (χ0n) is 12.8.